The third kappa shape index (κ3) is 4.07. The molecule has 0 fully saturated rings. The summed E-state index contributed by atoms with van der Waals surface area (Å²) in [6, 6.07) is 8.07. The molecule has 0 atom stereocenters. The Labute approximate surface area is 148 Å². The Morgan fingerprint density at radius 1 is 1.00 bits per heavy atom. The zero-order chi connectivity index (χ0) is 19.3. The van der Waals surface area contributed by atoms with Gasteiger partial charge in [-0.1, -0.05) is 0 Å². The van der Waals surface area contributed by atoms with Crippen LogP contribution in [0.2, 0.25) is 0 Å². The molecule has 0 spiro atoms. The summed E-state index contributed by atoms with van der Waals surface area (Å²) in [6.45, 7) is 0. The van der Waals surface area contributed by atoms with Crippen LogP contribution < -0.4 is 14.8 Å². The number of nitro groups is 1. The third-order valence-corrected chi connectivity index (χ3v) is 3.47. The monoisotopic (exact) mass is 360 g/mol. The van der Waals surface area contributed by atoms with E-state index >= 15 is 0 Å². The van der Waals surface area contributed by atoms with Gasteiger partial charge in [-0.25, -0.2) is 4.79 Å². The van der Waals surface area contributed by atoms with Crippen LogP contribution in [-0.4, -0.2) is 38.1 Å². The summed E-state index contributed by atoms with van der Waals surface area (Å²) >= 11 is 0. The second kappa shape index (κ2) is 7.97. The molecule has 0 aliphatic heterocycles. The number of nitrogens with zero attached hydrogens (tertiary/aromatic N) is 1. The van der Waals surface area contributed by atoms with Crippen LogP contribution in [0.3, 0.4) is 0 Å². The molecule has 2 rings (SSSR count). The lowest BCUT2D eigenvalue weighted by molar-refractivity contribution is -0.384. The van der Waals surface area contributed by atoms with E-state index in [1.165, 1.54) is 20.3 Å². The molecule has 9 nitrogen and oxygen atoms in total. The Kier molecular flexibility index (Phi) is 5.74. The Morgan fingerprint density at radius 2 is 1.69 bits per heavy atom. The molecule has 0 unspecified atom stereocenters. The summed E-state index contributed by atoms with van der Waals surface area (Å²) in [4.78, 5) is 34.5. The lowest BCUT2D eigenvalue weighted by Crippen LogP contribution is -2.14. The highest BCUT2D eigenvalue weighted by Crippen LogP contribution is 2.29. The summed E-state index contributed by atoms with van der Waals surface area (Å²) in [5, 5.41) is 13.6. The van der Waals surface area contributed by atoms with Gasteiger partial charge in [0.1, 0.15) is 11.5 Å². The van der Waals surface area contributed by atoms with E-state index < -0.39 is 22.5 Å². The van der Waals surface area contributed by atoms with E-state index in [1.54, 1.807) is 18.2 Å². The molecular formula is C17H16N2O7. The molecule has 0 aliphatic rings. The Morgan fingerprint density at radius 3 is 2.27 bits per heavy atom. The van der Waals surface area contributed by atoms with E-state index in [9.17, 15) is 19.7 Å². The van der Waals surface area contributed by atoms with Crippen LogP contribution >= 0.6 is 0 Å². The maximum atomic E-state index is 12.5. The number of carbonyl (C=O) groups is 2. The minimum atomic E-state index is -0.787. The van der Waals surface area contributed by atoms with Gasteiger partial charge in [0.05, 0.1) is 37.5 Å². The maximum Gasteiger partial charge on any atom is 0.338 e. The highest BCUT2D eigenvalue weighted by atomic mass is 16.6. The summed E-state index contributed by atoms with van der Waals surface area (Å²) in [6.07, 6.45) is 0. The molecule has 136 valence electrons. The second-order valence-corrected chi connectivity index (χ2v) is 5.04. The number of ether oxygens (including phenoxy) is 3. The lowest BCUT2D eigenvalue weighted by atomic mass is 10.1. The van der Waals surface area contributed by atoms with Gasteiger partial charge in [-0.15, -0.1) is 0 Å². The van der Waals surface area contributed by atoms with Crippen molar-refractivity contribution in [2.45, 2.75) is 0 Å². The van der Waals surface area contributed by atoms with Gasteiger partial charge in [-0.05, 0) is 18.2 Å². The molecule has 0 aliphatic carbocycles. The topological polar surface area (TPSA) is 117 Å². The smallest absolute Gasteiger partial charge is 0.338 e. The van der Waals surface area contributed by atoms with Gasteiger partial charge >= 0.3 is 5.97 Å². The standard InChI is InChI=1S/C17H16N2O7/c1-24-13-4-5-14(15(9-13)25-2)18-16(20)10-6-11(17(21)26-3)8-12(7-10)19(22)23/h4-9H,1-3H3,(H,18,20). The molecule has 0 saturated carbocycles. The van der Waals surface area contributed by atoms with Crippen molar-refractivity contribution in [3.8, 4) is 11.5 Å². The number of amides is 1. The number of nitro benzene ring substituents is 1. The van der Waals surface area contributed by atoms with Crippen LogP contribution in [0.4, 0.5) is 11.4 Å². The van der Waals surface area contributed by atoms with Crippen LogP contribution in [0, 0.1) is 10.1 Å². The Bertz CT molecular complexity index is 864. The number of non-ortho nitro benzene ring substituents is 1. The second-order valence-electron chi connectivity index (χ2n) is 5.04. The van der Waals surface area contributed by atoms with Crippen molar-refractivity contribution in [3.63, 3.8) is 0 Å². The number of rotatable bonds is 6. The van der Waals surface area contributed by atoms with E-state index in [0.29, 0.717) is 17.2 Å². The van der Waals surface area contributed by atoms with Crippen LogP contribution in [-0.2, 0) is 4.74 Å². The number of benzene rings is 2. The van der Waals surface area contributed by atoms with E-state index in [4.69, 9.17) is 9.47 Å². The fourth-order valence-corrected chi connectivity index (χ4v) is 2.18. The molecule has 1 N–H and O–H groups in total. The van der Waals surface area contributed by atoms with Crippen LogP contribution in [0.25, 0.3) is 0 Å². The van der Waals surface area contributed by atoms with E-state index in [0.717, 1.165) is 19.2 Å². The van der Waals surface area contributed by atoms with Crippen LogP contribution in [0.1, 0.15) is 20.7 Å². The van der Waals surface area contributed by atoms with Gasteiger partial charge in [0, 0.05) is 23.8 Å². The van der Waals surface area contributed by atoms with Gasteiger partial charge in [0.25, 0.3) is 11.6 Å². The van der Waals surface area contributed by atoms with Gasteiger partial charge in [0.2, 0.25) is 0 Å². The predicted octanol–water partition coefficient (Wildman–Crippen LogP) is 2.65. The minimum Gasteiger partial charge on any atom is -0.497 e. The molecule has 0 aromatic heterocycles. The molecule has 0 heterocycles. The summed E-state index contributed by atoms with van der Waals surface area (Å²) in [5.41, 5.74) is -0.241. The molecule has 0 saturated heterocycles. The zero-order valence-corrected chi connectivity index (χ0v) is 14.3. The minimum absolute atomic E-state index is 0.0718. The molecule has 1 amide bonds. The molecule has 0 bridgehead atoms. The molecule has 9 heteroatoms. The van der Waals surface area contributed by atoms with Crippen molar-refractivity contribution in [1.29, 1.82) is 0 Å². The first-order valence-corrected chi connectivity index (χ1v) is 7.30. The van der Waals surface area contributed by atoms with Gasteiger partial charge in [-0.3, -0.25) is 14.9 Å². The van der Waals surface area contributed by atoms with Gasteiger partial charge in [0.15, 0.2) is 0 Å². The number of carbonyl (C=O) groups excluding carboxylic acids is 2. The highest BCUT2D eigenvalue weighted by Gasteiger charge is 2.19. The molecule has 0 radical (unpaired) electrons. The molecular weight excluding hydrogens is 344 g/mol. The number of nitrogens with one attached hydrogen (secondary N) is 1. The average Bonchev–Trinajstić information content (AvgIpc) is 2.66. The van der Waals surface area contributed by atoms with Crippen molar-refractivity contribution in [2.24, 2.45) is 0 Å². The molecule has 2 aromatic carbocycles. The van der Waals surface area contributed by atoms with Crippen molar-refractivity contribution < 1.29 is 28.7 Å². The normalized spacial score (nSPS) is 9.96. The number of methoxy groups -OCH3 is 3. The lowest BCUT2D eigenvalue weighted by Gasteiger charge is -2.12. The van der Waals surface area contributed by atoms with E-state index in [2.05, 4.69) is 10.1 Å². The first kappa shape index (κ1) is 18.7. The number of anilines is 1. The highest BCUT2D eigenvalue weighted by molar-refractivity contribution is 6.07. The van der Waals surface area contributed by atoms with Gasteiger partial charge in [-0.2, -0.15) is 0 Å². The number of hydrogen-bond acceptors (Lipinski definition) is 7. The fourth-order valence-electron chi connectivity index (χ4n) is 2.18. The van der Waals surface area contributed by atoms with Crippen molar-refractivity contribution in [1.82, 2.24) is 0 Å². The third-order valence-electron chi connectivity index (χ3n) is 3.47. The van der Waals surface area contributed by atoms with Crippen LogP contribution in [0.5, 0.6) is 11.5 Å². The fraction of sp³-hybridized carbons (Fsp3) is 0.176. The maximum absolute atomic E-state index is 12.5. The number of esters is 1. The first-order chi connectivity index (χ1) is 12.4. The molecule has 2 aromatic rings. The summed E-state index contributed by atoms with van der Waals surface area (Å²) < 4.78 is 14.8. The van der Waals surface area contributed by atoms with Crippen molar-refractivity contribution >= 4 is 23.3 Å². The Balaban J connectivity index is 2.39. The number of hydrogen-bond donors (Lipinski definition) is 1. The van der Waals surface area contributed by atoms with Crippen molar-refractivity contribution in [2.75, 3.05) is 26.6 Å². The van der Waals surface area contributed by atoms with Crippen LogP contribution in [0.15, 0.2) is 36.4 Å². The predicted molar refractivity (Wildman–Crippen MR) is 91.9 cm³/mol. The SMILES string of the molecule is COC(=O)c1cc(C(=O)Nc2ccc(OC)cc2OC)cc([N+](=O)[O-])c1. The Hall–Kier alpha value is -3.62. The zero-order valence-electron chi connectivity index (χ0n) is 14.3. The average molecular weight is 360 g/mol. The quantitative estimate of drug-likeness (QED) is 0.478. The molecule has 26 heavy (non-hydrogen) atoms. The van der Waals surface area contributed by atoms with Gasteiger partial charge < -0.3 is 19.5 Å². The first-order valence-electron chi connectivity index (χ1n) is 7.30. The summed E-state index contributed by atoms with van der Waals surface area (Å²) in [5.74, 6) is -0.563. The summed E-state index contributed by atoms with van der Waals surface area (Å²) in [7, 11) is 4.06. The van der Waals surface area contributed by atoms with Crippen molar-refractivity contribution in [3.05, 3.63) is 57.6 Å². The largest absolute Gasteiger partial charge is 0.497 e. The van der Waals surface area contributed by atoms with E-state index in [-0.39, 0.29) is 11.1 Å². The van der Waals surface area contributed by atoms with E-state index in [1.807, 2.05) is 0 Å².